The number of hydrogen-bond donors (Lipinski definition) is 3. The number of carbonyl (C=O) groups excluding carboxylic acids is 9. The van der Waals surface area contributed by atoms with Gasteiger partial charge in [-0.25, -0.2) is 9.59 Å². The van der Waals surface area contributed by atoms with Crippen LogP contribution in [0.1, 0.15) is 54.6 Å². The van der Waals surface area contributed by atoms with Crippen LogP contribution in [0.2, 0.25) is 0 Å². The van der Waals surface area contributed by atoms with Gasteiger partial charge in [0.1, 0.15) is 22.1 Å². The van der Waals surface area contributed by atoms with Crippen molar-refractivity contribution in [1.82, 2.24) is 40.8 Å². The lowest BCUT2D eigenvalue weighted by molar-refractivity contribution is -0.164. The van der Waals surface area contributed by atoms with Crippen LogP contribution in [-0.4, -0.2) is 121 Å². The SMILES string of the molecule is CCN1CCN(C(=O)NC(C(=O)N[C@]2(NC=O)C(=O)N3C(C(=O)OC(c4ccccc4)c4ccccc4)=C(CSc4nnc(C)s4)CS[C@@H]32)c2ccc(OC(C)=O)c(OC(C)=O)c2)C(=O)C1=O. The molecule has 348 valence electrons. The number of ether oxygens (including phenoxy) is 3. The molecule has 2 saturated heterocycles. The molecule has 0 aliphatic carbocycles. The number of amides is 7. The summed E-state index contributed by atoms with van der Waals surface area (Å²) in [7, 11) is 0. The van der Waals surface area contributed by atoms with Crippen molar-refractivity contribution in [3.05, 3.63) is 112 Å². The Hall–Kier alpha value is -7.11. The van der Waals surface area contributed by atoms with Crippen molar-refractivity contribution in [2.45, 2.75) is 55.2 Å². The van der Waals surface area contributed by atoms with Gasteiger partial charge < -0.3 is 35.1 Å². The largest absolute Gasteiger partial charge is 0.448 e. The lowest BCUT2D eigenvalue weighted by Crippen LogP contribution is -2.85. The number of imide groups is 1. The molecule has 0 radical (unpaired) electrons. The number of carbonyl (C=O) groups is 9. The van der Waals surface area contributed by atoms with Gasteiger partial charge in [-0.15, -0.1) is 22.0 Å². The summed E-state index contributed by atoms with van der Waals surface area (Å²) in [5.74, 6) is -6.96. The number of urea groups is 1. The molecule has 4 aromatic rings. The van der Waals surface area contributed by atoms with E-state index in [-0.39, 0.29) is 60.3 Å². The summed E-state index contributed by atoms with van der Waals surface area (Å²) in [6.45, 7) is 5.61. The van der Waals surface area contributed by atoms with Crippen molar-refractivity contribution >= 4 is 88.8 Å². The van der Waals surface area contributed by atoms with Gasteiger partial charge >= 0.3 is 35.8 Å². The minimum atomic E-state index is -2.25. The van der Waals surface area contributed by atoms with Gasteiger partial charge in [-0.2, -0.15) is 0 Å². The number of rotatable bonds is 16. The average Bonchev–Trinajstić information content (AvgIpc) is 3.74. The highest BCUT2D eigenvalue weighted by Crippen LogP contribution is 2.47. The van der Waals surface area contributed by atoms with Crippen LogP contribution < -0.4 is 25.4 Å². The molecule has 4 heterocycles. The van der Waals surface area contributed by atoms with Crippen molar-refractivity contribution in [3.63, 3.8) is 0 Å². The quantitative estimate of drug-likeness (QED) is 0.0278. The van der Waals surface area contributed by atoms with Crippen LogP contribution in [-0.2, 0) is 43.1 Å². The molecule has 3 aromatic carbocycles. The van der Waals surface area contributed by atoms with E-state index in [2.05, 4.69) is 26.1 Å². The second-order valence-corrected chi connectivity index (χ2v) is 18.4. The zero-order chi connectivity index (χ0) is 48.0. The van der Waals surface area contributed by atoms with Crippen molar-refractivity contribution in [1.29, 1.82) is 0 Å². The molecule has 1 aromatic heterocycles. The summed E-state index contributed by atoms with van der Waals surface area (Å²) in [6, 6.07) is 18.5. The molecule has 3 N–H and O–H groups in total. The van der Waals surface area contributed by atoms with Crippen LogP contribution in [0.4, 0.5) is 4.79 Å². The molecular formula is C44H42N8O12S3. The maximum atomic E-state index is 14.8. The molecule has 7 amide bonds. The molecule has 0 bridgehead atoms. The van der Waals surface area contributed by atoms with Crippen LogP contribution in [0.5, 0.6) is 11.5 Å². The fraction of sp³-hybridized carbons (Fsp3) is 0.295. The second kappa shape index (κ2) is 20.6. The normalized spacial score (nSPS) is 18.4. The number of fused-ring (bicyclic) bond motifs is 1. The van der Waals surface area contributed by atoms with Crippen LogP contribution in [0, 0.1) is 6.92 Å². The van der Waals surface area contributed by atoms with Gasteiger partial charge in [-0.05, 0) is 48.2 Å². The Morgan fingerprint density at radius 1 is 0.881 bits per heavy atom. The molecule has 67 heavy (non-hydrogen) atoms. The lowest BCUT2D eigenvalue weighted by atomic mass is 9.94. The number of aromatic nitrogens is 2. The second-order valence-electron chi connectivity index (χ2n) is 15.0. The zero-order valence-corrected chi connectivity index (χ0v) is 38.7. The van der Waals surface area contributed by atoms with E-state index in [1.807, 2.05) is 12.1 Å². The van der Waals surface area contributed by atoms with Gasteiger partial charge in [0.15, 0.2) is 21.9 Å². The van der Waals surface area contributed by atoms with Crippen molar-refractivity contribution in [2.75, 3.05) is 31.1 Å². The third-order valence-corrected chi connectivity index (χ3v) is 14.0. The number of β-lactam (4-membered cyclic amide) rings is 1. The summed E-state index contributed by atoms with van der Waals surface area (Å²) in [5, 5.41) is 15.3. The molecule has 0 spiro atoms. The molecule has 23 heteroatoms. The standard InChI is InChI=1S/C44H42N8O12S3/c1-5-50-18-19-51(38(58)37(50)57)42(61)46-33(29-16-17-31(62-25(3)54)32(20-29)63-26(4)55)36(56)47-44(45-23-53)40(60)52-34(30(21-65-41(44)52)22-66-43-49-48-24(2)67-43)39(59)64-35(27-12-8-6-9-13-27)28-14-10-7-11-15-28/h6-17,20,23,33,35,41H,5,18-19,21-22H2,1-4H3,(H,45,53)(H,46,61)(H,47,56)/t33?,41-,44-/m1/s1. The van der Waals surface area contributed by atoms with E-state index in [0.29, 0.717) is 25.9 Å². The van der Waals surface area contributed by atoms with Gasteiger partial charge in [0.2, 0.25) is 18.0 Å². The average molecular weight is 971 g/mol. The smallest absolute Gasteiger partial charge is 0.356 e. The zero-order valence-electron chi connectivity index (χ0n) is 36.2. The van der Waals surface area contributed by atoms with Crippen LogP contribution in [0.3, 0.4) is 0 Å². The Morgan fingerprint density at radius 3 is 2.13 bits per heavy atom. The number of aryl methyl sites for hydroxylation is 1. The molecular weight excluding hydrogens is 929 g/mol. The first-order valence-corrected chi connectivity index (χ1v) is 23.4. The Balaban J connectivity index is 1.25. The van der Waals surface area contributed by atoms with E-state index in [1.54, 1.807) is 62.4 Å². The highest BCUT2D eigenvalue weighted by molar-refractivity contribution is 8.01. The van der Waals surface area contributed by atoms with Crippen LogP contribution in [0.15, 0.2) is 94.5 Å². The summed E-state index contributed by atoms with van der Waals surface area (Å²) in [6.07, 6.45) is -0.718. The van der Waals surface area contributed by atoms with Gasteiger partial charge in [0.05, 0.1) is 0 Å². The monoisotopic (exact) mass is 970 g/mol. The number of thioether (sulfide) groups is 2. The number of piperazine rings is 1. The Morgan fingerprint density at radius 2 is 1.54 bits per heavy atom. The third-order valence-electron chi connectivity index (χ3n) is 10.5. The molecule has 0 saturated carbocycles. The van der Waals surface area contributed by atoms with E-state index in [0.717, 1.165) is 41.6 Å². The van der Waals surface area contributed by atoms with Crippen molar-refractivity contribution in [3.8, 4) is 11.5 Å². The minimum Gasteiger partial charge on any atom is -0.448 e. The molecule has 20 nitrogen and oxygen atoms in total. The topological polar surface area (TPSA) is 253 Å². The predicted molar refractivity (Wildman–Crippen MR) is 241 cm³/mol. The molecule has 3 atom stereocenters. The van der Waals surface area contributed by atoms with E-state index < -0.39 is 70.8 Å². The first-order valence-electron chi connectivity index (χ1n) is 20.5. The fourth-order valence-electron chi connectivity index (χ4n) is 7.44. The van der Waals surface area contributed by atoms with E-state index in [4.69, 9.17) is 14.2 Å². The van der Waals surface area contributed by atoms with E-state index in [9.17, 15) is 43.2 Å². The predicted octanol–water partition coefficient (Wildman–Crippen LogP) is 2.99. The Labute approximate surface area is 395 Å². The molecule has 3 aliphatic heterocycles. The third kappa shape index (κ3) is 10.2. The lowest BCUT2D eigenvalue weighted by Gasteiger charge is -2.56. The number of nitrogens with one attached hydrogen (secondary N) is 3. The fourth-order valence-corrected chi connectivity index (χ4v) is 10.8. The molecule has 3 aliphatic rings. The number of likely N-dealkylation sites (N-methyl/N-ethyl adjacent to an activating group) is 1. The Bertz CT molecular complexity index is 2630. The number of nitrogens with zero attached hydrogens (tertiary/aromatic N) is 5. The Kier molecular flexibility index (Phi) is 14.7. The van der Waals surface area contributed by atoms with Crippen molar-refractivity contribution in [2.24, 2.45) is 0 Å². The summed E-state index contributed by atoms with van der Waals surface area (Å²) in [5.41, 5.74) is -0.709. The van der Waals surface area contributed by atoms with E-state index >= 15 is 0 Å². The molecule has 2 fully saturated rings. The van der Waals surface area contributed by atoms with Gasteiger partial charge in [-0.1, -0.05) is 89.8 Å². The summed E-state index contributed by atoms with van der Waals surface area (Å²) < 4.78 is 17.3. The van der Waals surface area contributed by atoms with Crippen molar-refractivity contribution < 1.29 is 57.4 Å². The minimum absolute atomic E-state index is 0.00519. The van der Waals surface area contributed by atoms with E-state index in [1.165, 1.54) is 40.1 Å². The van der Waals surface area contributed by atoms with Gasteiger partial charge in [0.25, 0.3) is 5.91 Å². The van der Waals surface area contributed by atoms with Crippen LogP contribution >= 0.6 is 34.9 Å². The maximum Gasteiger partial charge on any atom is 0.356 e. The molecule has 7 rings (SSSR count). The number of hydrogen-bond acceptors (Lipinski definition) is 17. The van der Waals surface area contributed by atoms with Gasteiger partial charge in [0, 0.05) is 45.0 Å². The maximum absolute atomic E-state index is 14.8. The first-order chi connectivity index (χ1) is 32.1. The summed E-state index contributed by atoms with van der Waals surface area (Å²) >= 11 is 3.76. The summed E-state index contributed by atoms with van der Waals surface area (Å²) in [4.78, 5) is 123. The van der Waals surface area contributed by atoms with Crippen LogP contribution in [0.25, 0.3) is 0 Å². The van der Waals surface area contributed by atoms with Gasteiger partial charge in [-0.3, -0.25) is 43.4 Å². The highest BCUT2D eigenvalue weighted by Gasteiger charge is 2.66. The first kappa shape index (κ1) is 47.8. The number of benzene rings is 3. The molecule has 1 unspecified atom stereocenters. The number of esters is 3. The highest BCUT2D eigenvalue weighted by atomic mass is 32.2.